The van der Waals surface area contributed by atoms with Crippen molar-refractivity contribution in [2.45, 2.75) is 22.9 Å². The van der Waals surface area contributed by atoms with Crippen LogP contribution in [0.2, 0.25) is 0 Å². The van der Waals surface area contributed by atoms with E-state index in [2.05, 4.69) is 4.98 Å². The van der Waals surface area contributed by atoms with Gasteiger partial charge in [0.15, 0.2) is 0 Å². The number of nitrogens with zero attached hydrogens (tertiary/aromatic N) is 1. The number of aliphatic hydroxyl groups excluding tert-OH is 1. The molecule has 17 heavy (non-hydrogen) atoms. The zero-order valence-electron chi connectivity index (χ0n) is 9.30. The van der Waals surface area contributed by atoms with Crippen LogP contribution in [0.15, 0.2) is 52.5 Å². The van der Waals surface area contributed by atoms with E-state index in [4.69, 9.17) is 0 Å². The lowest BCUT2D eigenvalue weighted by molar-refractivity contribution is 0.195. The third kappa shape index (κ3) is 3.05. The molecule has 0 saturated heterocycles. The van der Waals surface area contributed by atoms with Gasteiger partial charge in [-0.15, -0.1) is 0 Å². The molecule has 2 rings (SSSR count). The van der Waals surface area contributed by atoms with E-state index >= 15 is 0 Å². The standard InChI is InChI=1S/C13H12FNOS/c1-9(16)12-3-2-8-15-13(12)17-11-6-4-10(14)5-7-11/h2-9,16H,1H3. The Bertz CT molecular complexity index is 499. The number of pyridine rings is 1. The highest BCUT2D eigenvalue weighted by molar-refractivity contribution is 7.99. The molecule has 0 spiro atoms. The van der Waals surface area contributed by atoms with E-state index in [1.807, 2.05) is 6.07 Å². The highest BCUT2D eigenvalue weighted by Crippen LogP contribution is 2.31. The summed E-state index contributed by atoms with van der Waals surface area (Å²) in [4.78, 5) is 5.12. The predicted molar refractivity (Wildman–Crippen MR) is 65.4 cm³/mol. The second-order valence-electron chi connectivity index (χ2n) is 3.63. The molecule has 1 unspecified atom stereocenters. The van der Waals surface area contributed by atoms with Crippen molar-refractivity contribution in [1.29, 1.82) is 0 Å². The van der Waals surface area contributed by atoms with Crippen molar-refractivity contribution >= 4 is 11.8 Å². The molecule has 0 aliphatic carbocycles. The van der Waals surface area contributed by atoms with Gasteiger partial charge >= 0.3 is 0 Å². The van der Waals surface area contributed by atoms with Crippen LogP contribution in [0.4, 0.5) is 4.39 Å². The van der Waals surface area contributed by atoms with E-state index < -0.39 is 6.10 Å². The summed E-state index contributed by atoms with van der Waals surface area (Å²) >= 11 is 1.41. The second-order valence-corrected chi connectivity index (χ2v) is 4.69. The Hall–Kier alpha value is -1.39. The zero-order valence-corrected chi connectivity index (χ0v) is 10.1. The van der Waals surface area contributed by atoms with E-state index in [-0.39, 0.29) is 5.82 Å². The van der Waals surface area contributed by atoms with Gasteiger partial charge in [0.25, 0.3) is 0 Å². The lowest BCUT2D eigenvalue weighted by Gasteiger charge is -2.09. The van der Waals surface area contributed by atoms with Crippen molar-refractivity contribution in [2.75, 3.05) is 0 Å². The number of aromatic nitrogens is 1. The first-order chi connectivity index (χ1) is 8.16. The third-order valence-electron chi connectivity index (χ3n) is 2.28. The fourth-order valence-corrected chi connectivity index (χ4v) is 2.39. The van der Waals surface area contributed by atoms with Crippen LogP contribution in [0.25, 0.3) is 0 Å². The molecule has 88 valence electrons. The smallest absolute Gasteiger partial charge is 0.123 e. The number of aliphatic hydroxyl groups is 1. The number of benzene rings is 1. The Balaban J connectivity index is 2.26. The van der Waals surface area contributed by atoms with Crippen molar-refractivity contribution in [3.8, 4) is 0 Å². The zero-order chi connectivity index (χ0) is 12.3. The van der Waals surface area contributed by atoms with Crippen molar-refractivity contribution in [3.63, 3.8) is 0 Å². The lowest BCUT2D eigenvalue weighted by atomic mass is 10.2. The van der Waals surface area contributed by atoms with Gasteiger partial charge in [0.05, 0.1) is 6.10 Å². The van der Waals surface area contributed by atoms with Gasteiger partial charge in [-0.3, -0.25) is 0 Å². The SMILES string of the molecule is CC(O)c1cccnc1Sc1ccc(F)cc1. The molecular formula is C13H12FNOS. The molecule has 1 heterocycles. The summed E-state index contributed by atoms with van der Waals surface area (Å²) in [5, 5.41) is 10.4. The maximum Gasteiger partial charge on any atom is 0.123 e. The summed E-state index contributed by atoms with van der Waals surface area (Å²) in [5.74, 6) is -0.258. The Morgan fingerprint density at radius 1 is 1.24 bits per heavy atom. The van der Waals surface area contributed by atoms with Gasteiger partial charge in [0.1, 0.15) is 10.8 Å². The highest BCUT2D eigenvalue weighted by Gasteiger charge is 2.09. The Labute approximate surface area is 104 Å². The second kappa shape index (κ2) is 5.29. The first-order valence-corrected chi connectivity index (χ1v) is 6.05. The van der Waals surface area contributed by atoms with Crippen LogP contribution in [0.1, 0.15) is 18.6 Å². The monoisotopic (exact) mass is 249 g/mol. The molecule has 2 aromatic rings. The minimum Gasteiger partial charge on any atom is -0.389 e. The van der Waals surface area contributed by atoms with Crippen molar-refractivity contribution < 1.29 is 9.50 Å². The summed E-state index contributed by atoms with van der Waals surface area (Å²) in [7, 11) is 0. The van der Waals surface area contributed by atoms with Crippen LogP contribution in [-0.2, 0) is 0 Å². The van der Waals surface area contributed by atoms with Crippen molar-refractivity contribution in [3.05, 3.63) is 54.0 Å². The molecule has 0 aliphatic heterocycles. The molecule has 0 amide bonds. The molecular weight excluding hydrogens is 237 g/mol. The summed E-state index contributed by atoms with van der Waals surface area (Å²) in [6, 6.07) is 9.84. The van der Waals surface area contributed by atoms with Crippen LogP contribution in [0.3, 0.4) is 0 Å². The van der Waals surface area contributed by atoms with Gasteiger partial charge in [0.2, 0.25) is 0 Å². The fraction of sp³-hybridized carbons (Fsp3) is 0.154. The Morgan fingerprint density at radius 2 is 1.94 bits per heavy atom. The van der Waals surface area contributed by atoms with Gasteiger partial charge in [-0.1, -0.05) is 17.8 Å². The van der Waals surface area contributed by atoms with E-state index in [1.54, 1.807) is 31.3 Å². The minimum absolute atomic E-state index is 0.258. The maximum absolute atomic E-state index is 12.8. The van der Waals surface area contributed by atoms with E-state index in [0.717, 1.165) is 15.5 Å². The van der Waals surface area contributed by atoms with Gasteiger partial charge in [-0.05, 0) is 37.3 Å². The number of hydrogen-bond acceptors (Lipinski definition) is 3. The Morgan fingerprint density at radius 3 is 2.59 bits per heavy atom. The molecule has 0 bridgehead atoms. The molecule has 0 radical (unpaired) electrons. The topological polar surface area (TPSA) is 33.1 Å². The number of rotatable bonds is 3. The summed E-state index contributed by atoms with van der Waals surface area (Å²) in [5.41, 5.74) is 0.779. The molecule has 4 heteroatoms. The van der Waals surface area contributed by atoms with Gasteiger partial charge in [-0.25, -0.2) is 9.37 Å². The quantitative estimate of drug-likeness (QED) is 0.904. The normalized spacial score (nSPS) is 12.4. The highest BCUT2D eigenvalue weighted by atomic mass is 32.2. The van der Waals surface area contributed by atoms with E-state index in [0.29, 0.717) is 0 Å². The average molecular weight is 249 g/mol. The Kier molecular flexibility index (Phi) is 3.76. The summed E-state index contributed by atoms with van der Waals surface area (Å²) in [6.45, 7) is 1.70. The van der Waals surface area contributed by atoms with Gasteiger partial charge in [-0.2, -0.15) is 0 Å². The number of halogens is 1. The lowest BCUT2D eigenvalue weighted by Crippen LogP contribution is -1.95. The molecule has 1 N–H and O–H groups in total. The van der Waals surface area contributed by atoms with Gasteiger partial charge in [0, 0.05) is 16.7 Å². The first kappa shape index (κ1) is 12.1. The molecule has 1 aromatic carbocycles. The van der Waals surface area contributed by atoms with Crippen LogP contribution < -0.4 is 0 Å². The maximum atomic E-state index is 12.8. The fourth-order valence-electron chi connectivity index (χ4n) is 1.42. The van der Waals surface area contributed by atoms with Crippen LogP contribution >= 0.6 is 11.8 Å². The van der Waals surface area contributed by atoms with Crippen LogP contribution in [-0.4, -0.2) is 10.1 Å². The molecule has 0 fully saturated rings. The molecule has 1 aromatic heterocycles. The van der Waals surface area contributed by atoms with E-state index in [1.165, 1.54) is 23.9 Å². The van der Waals surface area contributed by atoms with Crippen molar-refractivity contribution in [1.82, 2.24) is 4.98 Å². The minimum atomic E-state index is -0.563. The van der Waals surface area contributed by atoms with Crippen LogP contribution in [0.5, 0.6) is 0 Å². The summed E-state index contributed by atoms with van der Waals surface area (Å²) in [6.07, 6.45) is 1.12. The first-order valence-electron chi connectivity index (χ1n) is 5.23. The number of hydrogen-bond donors (Lipinski definition) is 1. The molecule has 1 atom stereocenters. The molecule has 0 saturated carbocycles. The summed E-state index contributed by atoms with van der Waals surface area (Å²) < 4.78 is 12.8. The van der Waals surface area contributed by atoms with Crippen LogP contribution in [0, 0.1) is 5.82 Å². The molecule has 2 nitrogen and oxygen atoms in total. The third-order valence-corrected chi connectivity index (χ3v) is 3.32. The average Bonchev–Trinajstić information content (AvgIpc) is 2.32. The predicted octanol–water partition coefficient (Wildman–Crippen LogP) is 3.43. The molecule has 0 aliphatic rings. The van der Waals surface area contributed by atoms with Gasteiger partial charge < -0.3 is 5.11 Å². The largest absolute Gasteiger partial charge is 0.389 e. The van der Waals surface area contributed by atoms with E-state index in [9.17, 15) is 9.50 Å². The van der Waals surface area contributed by atoms with Crippen molar-refractivity contribution in [2.24, 2.45) is 0 Å².